The van der Waals surface area contributed by atoms with E-state index in [0.717, 1.165) is 0 Å². The second kappa shape index (κ2) is 14.3. The largest absolute Gasteiger partial charge is 0.443 e. The van der Waals surface area contributed by atoms with Gasteiger partial charge in [-0.25, -0.2) is 9.59 Å². The smallest absolute Gasteiger partial charge is 0.334 e. The van der Waals surface area contributed by atoms with Crippen LogP contribution < -0.4 is 0 Å². The Morgan fingerprint density at radius 2 is 0.750 bits per heavy atom. The maximum Gasteiger partial charge on any atom is 0.334 e. The molecule has 0 unspecified atom stereocenters. The van der Waals surface area contributed by atoms with E-state index in [0.29, 0.717) is 22.3 Å². The van der Waals surface area contributed by atoms with Gasteiger partial charge in [-0.3, -0.25) is 0 Å². The summed E-state index contributed by atoms with van der Waals surface area (Å²) in [5, 5.41) is 0. The quantitative estimate of drug-likeness (QED) is 0.114. The third-order valence-electron chi connectivity index (χ3n) is 9.40. The Kier molecular flexibility index (Phi) is 10.1. The van der Waals surface area contributed by atoms with E-state index in [1.54, 1.807) is 41.5 Å². The molecule has 2 aliphatic heterocycles. The Morgan fingerprint density at radius 3 is 0.981 bits per heavy atom. The van der Waals surface area contributed by atoms with Crippen LogP contribution in [0.5, 0.6) is 0 Å². The maximum absolute atomic E-state index is 13.8. The number of rotatable bonds is 11. The Hall–Kier alpha value is -4.86. The van der Waals surface area contributed by atoms with Crippen LogP contribution in [0, 0.1) is 0 Å². The lowest BCUT2D eigenvalue weighted by atomic mass is 9.74. The summed E-state index contributed by atoms with van der Waals surface area (Å²) >= 11 is 0. The topological polar surface area (TPSA) is 89.5 Å². The third-order valence-corrected chi connectivity index (χ3v) is 9.40. The predicted octanol–water partition coefficient (Wildman–Crippen LogP) is 8.15. The van der Waals surface area contributed by atoms with Crippen molar-refractivity contribution in [1.29, 1.82) is 0 Å². The molecule has 2 heterocycles. The van der Waals surface area contributed by atoms with E-state index in [9.17, 15) is 9.59 Å². The van der Waals surface area contributed by atoms with E-state index in [4.69, 9.17) is 28.4 Å². The Labute approximate surface area is 306 Å². The molecule has 2 saturated heterocycles. The summed E-state index contributed by atoms with van der Waals surface area (Å²) in [5.74, 6) is -3.62. The molecule has 52 heavy (non-hydrogen) atoms. The lowest BCUT2D eigenvalue weighted by Crippen LogP contribution is -2.58. The van der Waals surface area contributed by atoms with E-state index < -0.39 is 59.1 Å². The van der Waals surface area contributed by atoms with Crippen molar-refractivity contribution in [2.75, 3.05) is 0 Å². The normalized spacial score (nSPS) is 22.3. The SMILES string of the molecule is C=C(C)C(=O)OC(c1ccccc1)(c1ccccc1)[C@@H]1OC(C)(C)O[C@H]1[C@H]1OC(C)(C)O[C@@H]1C(OC(=O)C(=C)C)(c1ccccc1)c1ccccc1. The van der Waals surface area contributed by atoms with Crippen molar-refractivity contribution >= 4 is 11.9 Å². The van der Waals surface area contributed by atoms with E-state index in [1.165, 1.54) is 0 Å². The van der Waals surface area contributed by atoms with Gasteiger partial charge in [0.15, 0.2) is 22.8 Å². The molecule has 270 valence electrons. The van der Waals surface area contributed by atoms with Gasteiger partial charge in [-0.1, -0.05) is 134 Å². The lowest BCUT2D eigenvalue weighted by molar-refractivity contribution is -0.185. The number of hydrogen-bond donors (Lipinski definition) is 0. The zero-order valence-electron chi connectivity index (χ0n) is 30.5. The number of esters is 2. The van der Waals surface area contributed by atoms with Gasteiger partial charge >= 0.3 is 11.9 Å². The fraction of sp³-hybridized carbons (Fsp3) is 0.318. The molecule has 4 atom stereocenters. The van der Waals surface area contributed by atoms with Crippen LogP contribution in [0.15, 0.2) is 146 Å². The van der Waals surface area contributed by atoms with E-state index in [2.05, 4.69) is 13.2 Å². The van der Waals surface area contributed by atoms with Crippen LogP contribution in [0.1, 0.15) is 63.8 Å². The fourth-order valence-corrected chi connectivity index (χ4v) is 7.24. The third kappa shape index (κ3) is 6.87. The summed E-state index contributed by atoms with van der Waals surface area (Å²) in [6.45, 7) is 18.2. The Bertz CT molecular complexity index is 1680. The van der Waals surface area contributed by atoms with Gasteiger partial charge < -0.3 is 28.4 Å². The number of benzene rings is 4. The molecule has 0 radical (unpaired) electrons. The molecule has 6 rings (SSSR count). The number of carbonyl (C=O) groups excluding carboxylic acids is 2. The summed E-state index contributed by atoms with van der Waals surface area (Å²) in [6, 6.07) is 37.8. The molecule has 0 N–H and O–H groups in total. The highest BCUT2D eigenvalue weighted by atomic mass is 16.8. The Balaban J connectivity index is 1.64. The van der Waals surface area contributed by atoms with Gasteiger partial charge in [-0.2, -0.15) is 0 Å². The van der Waals surface area contributed by atoms with Crippen molar-refractivity contribution in [2.24, 2.45) is 0 Å². The van der Waals surface area contributed by atoms with Crippen LogP contribution in [0.25, 0.3) is 0 Å². The van der Waals surface area contributed by atoms with Gasteiger partial charge in [0.1, 0.15) is 24.4 Å². The van der Waals surface area contributed by atoms with Crippen molar-refractivity contribution in [3.8, 4) is 0 Å². The molecule has 2 fully saturated rings. The van der Waals surface area contributed by atoms with Crippen molar-refractivity contribution < 1.29 is 38.0 Å². The van der Waals surface area contributed by atoms with E-state index >= 15 is 0 Å². The summed E-state index contributed by atoms with van der Waals surface area (Å²) < 4.78 is 40.8. The van der Waals surface area contributed by atoms with Crippen LogP contribution in [0.3, 0.4) is 0 Å². The van der Waals surface area contributed by atoms with Crippen LogP contribution in [0.4, 0.5) is 0 Å². The number of hydrogen-bond acceptors (Lipinski definition) is 8. The highest BCUT2D eigenvalue weighted by Crippen LogP contribution is 2.53. The molecule has 0 bridgehead atoms. The molecule has 0 aliphatic carbocycles. The second-order valence-corrected chi connectivity index (χ2v) is 14.3. The van der Waals surface area contributed by atoms with Gasteiger partial charge in [-0.15, -0.1) is 0 Å². The standard InChI is InChI=1S/C44H46O8/c1-29(2)39(45)51-43(31-21-13-9-14-22-31,32-23-15-10-16-24-32)37-35(47-41(5,6)49-37)36-38(50-42(7,8)48-36)44(52-40(46)30(3)4,33-25-17-11-18-26-33)34-27-19-12-20-28-34/h9-28,35-38H,1,3H2,2,4-8H3/t35-,36+,37+,38-. The zero-order chi connectivity index (χ0) is 37.3. The minimum Gasteiger partial charge on any atom is -0.443 e. The highest BCUT2D eigenvalue weighted by molar-refractivity contribution is 5.88. The minimum atomic E-state index is -1.58. The second-order valence-electron chi connectivity index (χ2n) is 14.3. The average molecular weight is 703 g/mol. The molecule has 0 spiro atoms. The van der Waals surface area contributed by atoms with Crippen molar-refractivity contribution in [3.05, 3.63) is 168 Å². The summed E-state index contributed by atoms with van der Waals surface area (Å²) in [5.41, 5.74) is -0.141. The van der Waals surface area contributed by atoms with Crippen LogP contribution in [-0.4, -0.2) is 47.9 Å². The predicted molar refractivity (Wildman–Crippen MR) is 197 cm³/mol. The minimum absolute atomic E-state index is 0.212. The maximum atomic E-state index is 13.8. The van der Waals surface area contributed by atoms with E-state index in [-0.39, 0.29) is 11.1 Å². The number of carbonyl (C=O) groups is 2. The molecular formula is C44H46O8. The van der Waals surface area contributed by atoms with Crippen molar-refractivity contribution in [3.63, 3.8) is 0 Å². The molecule has 4 aromatic carbocycles. The fourth-order valence-electron chi connectivity index (χ4n) is 7.24. The lowest BCUT2D eigenvalue weighted by Gasteiger charge is -2.44. The van der Waals surface area contributed by atoms with Gasteiger partial charge in [0.05, 0.1) is 0 Å². The molecule has 0 aromatic heterocycles. The average Bonchev–Trinajstić information content (AvgIpc) is 3.65. The van der Waals surface area contributed by atoms with Gasteiger partial charge in [0.25, 0.3) is 0 Å². The molecule has 0 amide bonds. The monoisotopic (exact) mass is 702 g/mol. The summed E-state index contributed by atoms with van der Waals surface area (Å²) in [7, 11) is 0. The number of ether oxygens (including phenoxy) is 6. The molecule has 2 aliphatic rings. The molecule has 4 aromatic rings. The zero-order valence-corrected chi connectivity index (χ0v) is 30.5. The van der Waals surface area contributed by atoms with Gasteiger partial charge in [0, 0.05) is 33.4 Å². The van der Waals surface area contributed by atoms with E-state index in [1.807, 2.05) is 121 Å². The summed E-state index contributed by atoms with van der Waals surface area (Å²) in [4.78, 5) is 27.6. The highest BCUT2D eigenvalue weighted by Gasteiger charge is 2.66. The first-order valence-corrected chi connectivity index (χ1v) is 17.4. The van der Waals surface area contributed by atoms with Crippen molar-refractivity contribution in [2.45, 2.75) is 88.7 Å². The molecular weight excluding hydrogens is 656 g/mol. The van der Waals surface area contributed by atoms with Gasteiger partial charge in [0.2, 0.25) is 0 Å². The van der Waals surface area contributed by atoms with Crippen molar-refractivity contribution in [1.82, 2.24) is 0 Å². The van der Waals surface area contributed by atoms with Gasteiger partial charge in [-0.05, 0) is 41.5 Å². The Morgan fingerprint density at radius 1 is 0.500 bits per heavy atom. The first kappa shape index (κ1) is 36.9. The van der Waals surface area contributed by atoms with Crippen LogP contribution >= 0.6 is 0 Å². The molecule has 0 saturated carbocycles. The molecule has 8 heteroatoms. The van der Waals surface area contributed by atoms with Crippen LogP contribution in [-0.2, 0) is 49.2 Å². The van der Waals surface area contributed by atoms with Crippen LogP contribution in [0.2, 0.25) is 0 Å². The first-order chi connectivity index (χ1) is 24.7. The molecule has 8 nitrogen and oxygen atoms in total. The summed E-state index contributed by atoms with van der Waals surface area (Å²) in [6.07, 6.45) is -4.01. The first-order valence-electron chi connectivity index (χ1n) is 17.4.